The third-order valence-electron chi connectivity index (χ3n) is 8.15. The van der Waals surface area contributed by atoms with Gasteiger partial charge in [-0.3, -0.25) is 14.9 Å². The van der Waals surface area contributed by atoms with Gasteiger partial charge in [-0.1, -0.05) is 60.7 Å². The van der Waals surface area contributed by atoms with Crippen molar-refractivity contribution in [3.05, 3.63) is 71.8 Å². The fourth-order valence-corrected chi connectivity index (χ4v) is 5.96. The van der Waals surface area contributed by atoms with Crippen molar-refractivity contribution in [3.63, 3.8) is 0 Å². The standard InChI is InChI=1S/C32H42N4O6/c1-4-41-30(38)26(16-15-23-11-7-5-8-12-23)34-22(2)29(37)36-27(31(39)42-21-24-13-9-6-10-14-24)19-25-17-18-35(20-28(25)36)32(40)33-3/h5-14,22,25-28,34H,4,15-21H2,1-3H3,(H,33,40)/t22-,25?,26?,27?,28?/m0/s1. The van der Waals surface area contributed by atoms with E-state index in [9.17, 15) is 19.2 Å². The number of benzene rings is 2. The molecule has 226 valence electrons. The maximum atomic E-state index is 14.1. The fourth-order valence-electron chi connectivity index (χ4n) is 5.96. The Balaban J connectivity index is 1.51. The van der Waals surface area contributed by atoms with E-state index in [0.717, 1.165) is 11.1 Å². The van der Waals surface area contributed by atoms with E-state index < -0.39 is 30.1 Å². The largest absolute Gasteiger partial charge is 0.465 e. The summed E-state index contributed by atoms with van der Waals surface area (Å²) in [5.41, 5.74) is 1.93. The Hall–Kier alpha value is -3.92. The number of hydrogen-bond acceptors (Lipinski definition) is 7. The van der Waals surface area contributed by atoms with Crippen molar-refractivity contribution >= 4 is 23.9 Å². The topological polar surface area (TPSA) is 117 Å². The average molecular weight is 579 g/mol. The Kier molecular flexibility index (Phi) is 10.9. The third-order valence-corrected chi connectivity index (χ3v) is 8.15. The zero-order valence-electron chi connectivity index (χ0n) is 24.7. The van der Waals surface area contributed by atoms with Crippen LogP contribution in [0.5, 0.6) is 0 Å². The van der Waals surface area contributed by atoms with Crippen LogP contribution in [-0.2, 0) is 36.9 Å². The molecular weight excluding hydrogens is 536 g/mol. The van der Waals surface area contributed by atoms with Gasteiger partial charge in [0.2, 0.25) is 5.91 Å². The summed E-state index contributed by atoms with van der Waals surface area (Å²) in [4.78, 5) is 56.2. The molecule has 0 spiro atoms. The Labute approximate surface area is 247 Å². The Morgan fingerprint density at radius 1 is 0.976 bits per heavy atom. The van der Waals surface area contributed by atoms with Gasteiger partial charge in [0.15, 0.2) is 0 Å². The minimum absolute atomic E-state index is 0.0512. The number of hydrogen-bond donors (Lipinski definition) is 2. The summed E-state index contributed by atoms with van der Waals surface area (Å²) < 4.78 is 11.0. The number of aryl methyl sites for hydroxylation is 1. The normalized spacial score (nSPS) is 21.2. The second-order valence-electron chi connectivity index (χ2n) is 10.9. The van der Waals surface area contributed by atoms with E-state index in [1.165, 1.54) is 0 Å². The molecule has 0 bridgehead atoms. The number of ether oxygens (including phenoxy) is 2. The van der Waals surface area contributed by atoms with E-state index in [1.54, 1.807) is 30.7 Å². The molecule has 42 heavy (non-hydrogen) atoms. The van der Waals surface area contributed by atoms with E-state index in [0.29, 0.717) is 38.8 Å². The number of carbonyl (C=O) groups is 4. The van der Waals surface area contributed by atoms with Gasteiger partial charge in [-0.05, 0) is 56.6 Å². The maximum absolute atomic E-state index is 14.1. The van der Waals surface area contributed by atoms with Crippen molar-refractivity contribution in [1.29, 1.82) is 0 Å². The number of esters is 2. The van der Waals surface area contributed by atoms with Crippen LogP contribution in [-0.4, -0.2) is 84.6 Å². The van der Waals surface area contributed by atoms with Crippen LogP contribution in [0.4, 0.5) is 4.79 Å². The van der Waals surface area contributed by atoms with E-state index in [2.05, 4.69) is 10.6 Å². The highest BCUT2D eigenvalue weighted by Gasteiger charge is 2.51. The molecule has 2 aromatic carbocycles. The van der Waals surface area contributed by atoms with Gasteiger partial charge in [0.1, 0.15) is 18.7 Å². The Bertz CT molecular complexity index is 1210. The highest BCUT2D eigenvalue weighted by Crippen LogP contribution is 2.37. The van der Waals surface area contributed by atoms with Crippen LogP contribution in [0.25, 0.3) is 0 Å². The highest BCUT2D eigenvalue weighted by molar-refractivity contribution is 5.89. The predicted octanol–water partition coefficient (Wildman–Crippen LogP) is 2.90. The lowest BCUT2D eigenvalue weighted by Gasteiger charge is -2.40. The minimum Gasteiger partial charge on any atom is -0.465 e. The molecule has 2 heterocycles. The van der Waals surface area contributed by atoms with Gasteiger partial charge in [0.25, 0.3) is 0 Å². The van der Waals surface area contributed by atoms with Gasteiger partial charge < -0.3 is 24.6 Å². The number of piperidine rings is 1. The number of nitrogens with zero attached hydrogens (tertiary/aromatic N) is 2. The summed E-state index contributed by atoms with van der Waals surface area (Å²) in [7, 11) is 1.58. The summed E-state index contributed by atoms with van der Waals surface area (Å²) in [6.45, 7) is 4.66. The number of likely N-dealkylation sites (tertiary alicyclic amines) is 2. The van der Waals surface area contributed by atoms with Gasteiger partial charge in [-0.15, -0.1) is 0 Å². The van der Waals surface area contributed by atoms with Gasteiger partial charge in [-0.25, -0.2) is 9.59 Å². The van der Waals surface area contributed by atoms with E-state index >= 15 is 0 Å². The molecule has 2 saturated heterocycles. The van der Waals surface area contributed by atoms with Crippen molar-refractivity contribution < 1.29 is 28.7 Å². The van der Waals surface area contributed by atoms with Gasteiger partial charge >= 0.3 is 18.0 Å². The lowest BCUT2D eigenvalue weighted by molar-refractivity contribution is -0.157. The molecule has 2 aliphatic rings. The lowest BCUT2D eigenvalue weighted by Crippen LogP contribution is -2.59. The first-order chi connectivity index (χ1) is 20.3. The summed E-state index contributed by atoms with van der Waals surface area (Å²) in [6, 6.07) is 16.4. The zero-order valence-corrected chi connectivity index (χ0v) is 24.7. The number of nitrogens with one attached hydrogen (secondary N) is 2. The molecule has 0 aliphatic carbocycles. The monoisotopic (exact) mass is 578 g/mol. The minimum atomic E-state index is -0.784. The Morgan fingerprint density at radius 3 is 2.29 bits per heavy atom. The molecule has 10 heteroatoms. The van der Waals surface area contributed by atoms with Crippen molar-refractivity contribution in [2.24, 2.45) is 5.92 Å². The number of urea groups is 1. The number of rotatable bonds is 11. The first kappa shape index (κ1) is 31.0. The van der Waals surface area contributed by atoms with Crippen LogP contribution in [0, 0.1) is 5.92 Å². The first-order valence-electron chi connectivity index (χ1n) is 14.8. The highest BCUT2D eigenvalue weighted by atomic mass is 16.5. The predicted molar refractivity (Wildman–Crippen MR) is 157 cm³/mol. The van der Waals surface area contributed by atoms with Crippen LogP contribution in [0.3, 0.4) is 0 Å². The molecule has 4 rings (SSSR count). The molecule has 0 saturated carbocycles. The molecule has 0 aromatic heterocycles. The molecule has 3 amide bonds. The molecule has 2 aromatic rings. The summed E-state index contributed by atoms with van der Waals surface area (Å²) in [6.07, 6.45) is 2.21. The van der Waals surface area contributed by atoms with Crippen LogP contribution in [0.1, 0.15) is 44.2 Å². The Morgan fingerprint density at radius 2 is 1.64 bits per heavy atom. The molecule has 2 aliphatic heterocycles. The SMILES string of the molecule is CCOC(=O)C(CCc1ccccc1)N[C@@H](C)C(=O)N1C(C(=O)OCc2ccccc2)CC2CCN(C(=O)NC)CC21. The van der Waals surface area contributed by atoms with Crippen LogP contribution in [0.2, 0.25) is 0 Å². The average Bonchev–Trinajstić information content (AvgIpc) is 3.41. The summed E-state index contributed by atoms with van der Waals surface area (Å²) in [5.74, 6) is -1.15. The molecule has 2 N–H and O–H groups in total. The smallest absolute Gasteiger partial charge is 0.329 e. The van der Waals surface area contributed by atoms with E-state index in [4.69, 9.17) is 9.47 Å². The van der Waals surface area contributed by atoms with E-state index in [1.807, 2.05) is 60.7 Å². The van der Waals surface area contributed by atoms with Crippen molar-refractivity contribution in [3.8, 4) is 0 Å². The lowest BCUT2D eigenvalue weighted by atomic mass is 9.91. The van der Waals surface area contributed by atoms with Crippen LogP contribution < -0.4 is 10.6 Å². The van der Waals surface area contributed by atoms with E-state index in [-0.39, 0.29) is 37.1 Å². The van der Waals surface area contributed by atoms with Gasteiger partial charge in [-0.2, -0.15) is 0 Å². The molecule has 5 atom stereocenters. The van der Waals surface area contributed by atoms with Crippen molar-refractivity contribution in [2.45, 2.75) is 70.3 Å². The van der Waals surface area contributed by atoms with Crippen LogP contribution >= 0.6 is 0 Å². The first-order valence-corrected chi connectivity index (χ1v) is 14.8. The summed E-state index contributed by atoms with van der Waals surface area (Å²) in [5, 5.41) is 5.86. The second-order valence-corrected chi connectivity index (χ2v) is 10.9. The van der Waals surface area contributed by atoms with Crippen molar-refractivity contribution in [1.82, 2.24) is 20.4 Å². The number of fused-ring (bicyclic) bond motifs is 1. The number of amides is 3. The zero-order chi connectivity index (χ0) is 30.1. The number of carbonyl (C=O) groups excluding carboxylic acids is 4. The summed E-state index contributed by atoms with van der Waals surface area (Å²) >= 11 is 0. The second kappa shape index (κ2) is 14.8. The molecule has 2 fully saturated rings. The molecule has 10 nitrogen and oxygen atoms in total. The molecule has 4 unspecified atom stereocenters. The van der Waals surface area contributed by atoms with Crippen molar-refractivity contribution in [2.75, 3.05) is 26.7 Å². The quantitative estimate of drug-likeness (QED) is 0.394. The fraction of sp³-hybridized carbons (Fsp3) is 0.500. The molecular formula is C32H42N4O6. The third kappa shape index (κ3) is 7.67. The van der Waals surface area contributed by atoms with Gasteiger partial charge in [0.05, 0.1) is 18.7 Å². The molecule has 0 radical (unpaired) electrons. The maximum Gasteiger partial charge on any atom is 0.329 e. The van der Waals surface area contributed by atoms with Gasteiger partial charge in [0, 0.05) is 20.1 Å². The van der Waals surface area contributed by atoms with Crippen LogP contribution in [0.15, 0.2) is 60.7 Å².